The minimum atomic E-state index is -0.387. The summed E-state index contributed by atoms with van der Waals surface area (Å²) in [6, 6.07) is 7.79. The minimum absolute atomic E-state index is 0.0538. The van der Waals surface area contributed by atoms with E-state index < -0.39 is 0 Å². The molecule has 0 bridgehead atoms. The van der Waals surface area contributed by atoms with Crippen molar-refractivity contribution in [2.24, 2.45) is 11.7 Å². The van der Waals surface area contributed by atoms with Gasteiger partial charge in [-0.25, -0.2) is 0 Å². The molecule has 0 aromatic heterocycles. The number of nitrogens with one attached hydrogen (secondary N) is 1. The number of hydrogen-bond donors (Lipinski definition) is 2. The van der Waals surface area contributed by atoms with Crippen molar-refractivity contribution in [3.8, 4) is 0 Å². The van der Waals surface area contributed by atoms with Crippen molar-refractivity contribution in [1.82, 2.24) is 5.32 Å². The Kier molecular flexibility index (Phi) is 6.81. The van der Waals surface area contributed by atoms with Crippen LogP contribution in [-0.4, -0.2) is 25.0 Å². The zero-order valence-corrected chi connectivity index (χ0v) is 16.4. The minimum Gasteiger partial charge on any atom is -0.469 e. The molecule has 3 N–H and O–H groups in total. The van der Waals surface area contributed by atoms with Gasteiger partial charge in [0, 0.05) is 12.5 Å². The van der Waals surface area contributed by atoms with Crippen LogP contribution >= 0.6 is 0 Å². The van der Waals surface area contributed by atoms with Crippen LogP contribution in [-0.2, 0) is 19.7 Å². The van der Waals surface area contributed by atoms with Crippen LogP contribution in [0.1, 0.15) is 70.0 Å². The molecule has 0 saturated heterocycles. The van der Waals surface area contributed by atoms with Crippen molar-refractivity contribution in [3.05, 3.63) is 35.4 Å². The third-order valence-electron chi connectivity index (χ3n) is 5.28. The van der Waals surface area contributed by atoms with E-state index in [0.29, 0.717) is 6.42 Å². The first-order valence-corrected chi connectivity index (χ1v) is 9.43. The fourth-order valence-corrected chi connectivity index (χ4v) is 3.53. The number of nitrogens with two attached hydrogens (primary N) is 1. The number of carbonyl (C=O) groups is 2. The average Bonchev–Trinajstić information content (AvgIpc) is 2.98. The van der Waals surface area contributed by atoms with Crippen LogP contribution in [0.5, 0.6) is 0 Å². The van der Waals surface area contributed by atoms with E-state index in [1.165, 1.54) is 12.7 Å². The molecule has 1 aromatic carbocycles. The van der Waals surface area contributed by atoms with Crippen molar-refractivity contribution in [1.29, 1.82) is 0 Å². The molecule has 5 nitrogen and oxygen atoms in total. The largest absolute Gasteiger partial charge is 0.469 e. The van der Waals surface area contributed by atoms with Crippen molar-refractivity contribution >= 4 is 11.9 Å². The lowest BCUT2D eigenvalue weighted by molar-refractivity contribution is -0.141. The summed E-state index contributed by atoms with van der Waals surface area (Å²) in [5.41, 5.74) is 8.25. The molecule has 144 valence electrons. The molecule has 26 heavy (non-hydrogen) atoms. The summed E-state index contributed by atoms with van der Waals surface area (Å²) in [4.78, 5) is 24.3. The van der Waals surface area contributed by atoms with Crippen molar-refractivity contribution in [2.75, 3.05) is 7.11 Å². The van der Waals surface area contributed by atoms with Crippen LogP contribution < -0.4 is 11.1 Å². The summed E-state index contributed by atoms with van der Waals surface area (Å²) >= 11 is 0. The zero-order chi connectivity index (χ0) is 19.3. The van der Waals surface area contributed by atoms with Crippen LogP contribution in [0.3, 0.4) is 0 Å². The highest BCUT2D eigenvalue weighted by atomic mass is 16.5. The van der Waals surface area contributed by atoms with Gasteiger partial charge in [0.1, 0.15) is 0 Å². The second kappa shape index (κ2) is 8.67. The van der Waals surface area contributed by atoms with Gasteiger partial charge in [0.25, 0.3) is 0 Å². The molecular formula is C21H32N2O3. The van der Waals surface area contributed by atoms with E-state index in [-0.39, 0.29) is 41.7 Å². The van der Waals surface area contributed by atoms with E-state index in [9.17, 15) is 9.59 Å². The summed E-state index contributed by atoms with van der Waals surface area (Å²) in [6.45, 7) is 6.46. The molecule has 1 unspecified atom stereocenters. The molecule has 3 atom stereocenters. The fraction of sp³-hybridized carbons (Fsp3) is 0.619. The topological polar surface area (TPSA) is 81.4 Å². The van der Waals surface area contributed by atoms with E-state index >= 15 is 0 Å². The number of hydrogen-bond acceptors (Lipinski definition) is 4. The lowest BCUT2D eigenvalue weighted by atomic mass is 9.86. The summed E-state index contributed by atoms with van der Waals surface area (Å²) < 4.78 is 4.80. The maximum absolute atomic E-state index is 12.5. The summed E-state index contributed by atoms with van der Waals surface area (Å²) in [5.74, 6) is -0.161. The molecule has 1 aromatic rings. The molecule has 1 fully saturated rings. The van der Waals surface area contributed by atoms with Crippen molar-refractivity contribution in [3.63, 3.8) is 0 Å². The van der Waals surface area contributed by atoms with Gasteiger partial charge in [0.2, 0.25) is 5.91 Å². The number of esters is 1. The number of carbonyl (C=O) groups excluding carboxylic acids is 2. The molecular weight excluding hydrogens is 328 g/mol. The van der Waals surface area contributed by atoms with Gasteiger partial charge < -0.3 is 15.8 Å². The molecule has 1 aliphatic rings. The van der Waals surface area contributed by atoms with Gasteiger partial charge in [-0.1, -0.05) is 51.5 Å². The number of rotatable bonds is 6. The molecule has 1 aliphatic carbocycles. The van der Waals surface area contributed by atoms with Crippen LogP contribution in [0.15, 0.2) is 24.3 Å². The third kappa shape index (κ3) is 5.56. The van der Waals surface area contributed by atoms with E-state index in [0.717, 1.165) is 24.8 Å². The normalized spacial score (nSPS) is 21.3. The van der Waals surface area contributed by atoms with E-state index in [4.69, 9.17) is 10.5 Å². The first kappa shape index (κ1) is 20.4. The number of amides is 1. The van der Waals surface area contributed by atoms with Gasteiger partial charge >= 0.3 is 5.97 Å². The quantitative estimate of drug-likeness (QED) is 0.763. The van der Waals surface area contributed by atoms with Gasteiger partial charge in [0.05, 0.1) is 19.6 Å². The Labute approximate surface area is 156 Å². The lowest BCUT2D eigenvalue weighted by Crippen LogP contribution is -2.34. The van der Waals surface area contributed by atoms with Crippen LogP contribution in [0.4, 0.5) is 0 Å². The highest BCUT2D eigenvalue weighted by molar-refractivity contribution is 5.78. The number of methoxy groups -OCH3 is 1. The third-order valence-corrected chi connectivity index (χ3v) is 5.28. The SMILES string of the molecule is COC(=O)CC(NC(=O)C[C@@H]1CCC[C@H]1N)c1ccc(C(C)(C)C)cc1. The standard InChI is InChI=1S/C21H32N2O3/c1-21(2,3)16-10-8-14(9-11-16)18(13-20(25)26-4)23-19(24)12-15-6-5-7-17(15)22/h8-11,15,17-18H,5-7,12-13,22H2,1-4H3,(H,23,24)/t15-,17+,18?/m0/s1. The average molecular weight is 360 g/mol. The summed E-state index contributed by atoms with van der Waals surface area (Å²) in [7, 11) is 1.36. The molecule has 5 heteroatoms. The van der Waals surface area contributed by atoms with Gasteiger partial charge in [-0.05, 0) is 35.3 Å². The zero-order valence-electron chi connectivity index (χ0n) is 16.4. The van der Waals surface area contributed by atoms with Crippen molar-refractivity contribution in [2.45, 2.75) is 70.4 Å². The molecule has 1 amide bonds. The maximum Gasteiger partial charge on any atom is 0.307 e. The Balaban J connectivity index is 2.09. The Bertz CT molecular complexity index is 619. The van der Waals surface area contributed by atoms with Gasteiger partial charge in [-0.2, -0.15) is 0 Å². The monoisotopic (exact) mass is 360 g/mol. The first-order chi connectivity index (χ1) is 12.2. The number of benzene rings is 1. The molecule has 0 spiro atoms. The summed E-state index contributed by atoms with van der Waals surface area (Å²) in [5, 5.41) is 3.01. The fourth-order valence-electron chi connectivity index (χ4n) is 3.53. The molecule has 0 heterocycles. The van der Waals surface area contributed by atoms with E-state index in [1.807, 2.05) is 12.1 Å². The van der Waals surface area contributed by atoms with Crippen LogP contribution in [0.2, 0.25) is 0 Å². The van der Waals surface area contributed by atoms with E-state index in [1.54, 1.807) is 0 Å². The predicted octanol–water partition coefficient (Wildman–Crippen LogP) is 3.22. The molecule has 2 rings (SSSR count). The number of ether oxygens (including phenoxy) is 1. The molecule has 1 saturated carbocycles. The van der Waals surface area contributed by atoms with Crippen LogP contribution in [0, 0.1) is 5.92 Å². The van der Waals surface area contributed by atoms with Crippen LogP contribution in [0.25, 0.3) is 0 Å². The molecule has 0 aliphatic heterocycles. The van der Waals surface area contributed by atoms with Gasteiger partial charge in [-0.3, -0.25) is 9.59 Å². The summed E-state index contributed by atoms with van der Waals surface area (Å²) in [6.07, 6.45) is 3.60. The first-order valence-electron chi connectivity index (χ1n) is 9.43. The Hall–Kier alpha value is -1.88. The van der Waals surface area contributed by atoms with Gasteiger partial charge in [0.15, 0.2) is 0 Å². The van der Waals surface area contributed by atoms with E-state index in [2.05, 4.69) is 38.2 Å². The van der Waals surface area contributed by atoms with Crippen molar-refractivity contribution < 1.29 is 14.3 Å². The second-order valence-corrected chi connectivity index (χ2v) is 8.33. The van der Waals surface area contributed by atoms with Gasteiger partial charge in [-0.15, -0.1) is 0 Å². The molecule has 0 radical (unpaired) electrons. The second-order valence-electron chi connectivity index (χ2n) is 8.33. The maximum atomic E-state index is 12.5. The highest BCUT2D eigenvalue weighted by Crippen LogP contribution is 2.28. The lowest BCUT2D eigenvalue weighted by Gasteiger charge is -2.23. The Morgan fingerprint density at radius 3 is 2.38 bits per heavy atom. The Morgan fingerprint density at radius 1 is 1.23 bits per heavy atom. The predicted molar refractivity (Wildman–Crippen MR) is 103 cm³/mol. The highest BCUT2D eigenvalue weighted by Gasteiger charge is 2.27. The Morgan fingerprint density at radius 2 is 1.88 bits per heavy atom. The smallest absolute Gasteiger partial charge is 0.307 e.